The minimum absolute atomic E-state index is 0. The third-order valence-electron chi connectivity index (χ3n) is 4.63. The topological polar surface area (TPSA) is 78.7 Å². The van der Waals surface area contributed by atoms with Crippen LogP contribution in [0.1, 0.15) is 15.9 Å². The molecule has 0 atom stereocenters. The number of rotatable bonds is 4. The van der Waals surface area contributed by atoms with Gasteiger partial charge in [-0.05, 0) is 36.9 Å². The maximum absolute atomic E-state index is 12.4. The highest BCUT2D eigenvalue weighted by molar-refractivity contribution is 6.07. The predicted molar refractivity (Wildman–Crippen MR) is 118 cm³/mol. The van der Waals surface area contributed by atoms with Gasteiger partial charge in [-0.2, -0.15) is 0 Å². The number of likely N-dealkylation sites (N-methyl/N-ethyl adjacent to an activating group) is 1. The Hall–Kier alpha value is -2.28. The van der Waals surface area contributed by atoms with Crippen LogP contribution < -0.4 is 11.1 Å². The number of para-hydroxylation sites is 1. The second-order valence-electron chi connectivity index (χ2n) is 6.60. The number of benzene rings is 2. The van der Waals surface area contributed by atoms with Crippen molar-refractivity contribution in [3.05, 3.63) is 59.7 Å². The molecule has 8 heteroatoms. The molecular formula is C20H26Cl2N4O2. The highest BCUT2D eigenvalue weighted by Crippen LogP contribution is 2.16. The van der Waals surface area contributed by atoms with Gasteiger partial charge in [0.25, 0.3) is 5.91 Å². The van der Waals surface area contributed by atoms with Gasteiger partial charge in [-0.1, -0.05) is 24.3 Å². The largest absolute Gasteiger partial charge is 0.398 e. The minimum atomic E-state index is -0.246. The Balaban J connectivity index is 0.00000196. The number of anilines is 2. The van der Waals surface area contributed by atoms with Crippen LogP contribution >= 0.6 is 24.8 Å². The van der Waals surface area contributed by atoms with Crippen LogP contribution in [0.25, 0.3) is 0 Å². The number of piperazine rings is 1. The molecule has 0 bridgehead atoms. The van der Waals surface area contributed by atoms with Crippen molar-refractivity contribution >= 4 is 48.0 Å². The van der Waals surface area contributed by atoms with Crippen molar-refractivity contribution in [2.24, 2.45) is 0 Å². The first kappa shape index (κ1) is 23.8. The van der Waals surface area contributed by atoms with E-state index in [1.54, 1.807) is 24.3 Å². The first-order valence-electron chi connectivity index (χ1n) is 8.74. The number of carbonyl (C=O) groups is 2. The van der Waals surface area contributed by atoms with Gasteiger partial charge in [-0.15, -0.1) is 24.8 Å². The molecule has 1 aliphatic rings. The lowest BCUT2D eigenvalue weighted by molar-refractivity contribution is -0.132. The molecule has 0 saturated carbocycles. The van der Waals surface area contributed by atoms with Crippen molar-refractivity contribution < 1.29 is 9.59 Å². The van der Waals surface area contributed by atoms with Crippen molar-refractivity contribution in [2.45, 2.75) is 6.42 Å². The van der Waals surface area contributed by atoms with E-state index in [0.29, 0.717) is 23.4 Å². The smallest absolute Gasteiger partial charge is 0.257 e. The summed E-state index contributed by atoms with van der Waals surface area (Å²) >= 11 is 0. The number of nitrogen functional groups attached to an aromatic ring is 1. The normalized spacial score (nSPS) is 13.8. The SMILES string of the molecule is CN1CCN(C(=O)Cc2ccc(NC(=O)c3ccccc3N)cc2)CC1.Cl.Cl. The molecule has 3 rings (SSSR count). The zero-order valence-electron chi connectivity index (χ0n) is 15.8. The van der Waals surface area contributed by atoms with E-state index in [0.717, 1.165) is 31.7 Å². The quantitative estimate of drug-likeness (QED) is 0.739. The summed E-state index contributed by atoms with van der Waals surface area (Å²) in [5.74, 6) is -0.101. The van der Waals surface area contributed by atoms with E-state index >= 15 is 0 Å². The molecule has 28 heavy (non-hydrogen) atoms. The maximum Gasteiger partial charge on any atom is 0.257 e. The lowest BCUT2D eigenvalue weighted by Crippen LogP contribution is -2.47. The number of nitrogens with two attached hydrogens (primary N) is 1. The summed E-state index contributed by atoms with van der Waals surface area (Å²) in [7, 11) is 2.07. The number of amides is 2. The Morgan fingerprint density at radius 3 is 2.18 bits per heavy atom. The van der Waals surface area contributed by atoms with Crippen LogP contribution in [0.3, 0.4) is 0 Å². The zero-order chi connectivity index (χ0) is 18.5. The van der Waals surface area contributed by atoms with Gasteiger partial charge in [0.1, 0.15) is 0 Å². The highest BCUT2D eigenvalue weighted by atomic mass is 35.5. The highest BCUT2D eigenvalue weighted by Gasteiger charge is 2.19. The molecule has 1 heterocycles. The van der Waals surface area contributed by atoms with Gasteiger partial charge in [0.2, 0.25) is 5.91 Å². The Bertz CT molecular complexity index is 791. The third-order valence-corrected chi connectivity index (χ3v) is 4.63. The summed E-state index contributed by atoms with van der Waals surface area (Å²) in [4.78, 5) is 28.8. The van der Waals surface area contributed by atoms with Gasteiger partial charge in [-0.25, -0.2) is 0 Å². The molecule has 0 radical (unpaired) electrons. The van der Waals surface area contributed by atoms with Gasteiger partial charge in [0, 0.05) is 37.6 Å². The number of hydrogen-bond acceptors (Lipinski definition) is 4. The van der Waals surface area contributed by atoms with Gasteiger partial charge in [-0.3, -0.25) is 9.59 Å². The van der Waals surface area contributed by atoms with E-state index in [-0.39, 0.29) is 36.6 Å². The summed E-state index contributed by atoms with van der Waals surface area (Å²) in [5, 5.41) is 2.83. The number of nitrogens with zero attached hydrogens (tertiary/aromatic N) is 2. The number of halogens is 2. The molecule has 2 aromatic rings. The van der Waals surface area contributed by atoms with Gasteiger partial charge in [0.15, 0.2) is 0 Å². The van der Waals surface area contributed by atoms with E-state index in [4.69, 9.17) is 5.73 Å². The fraction of sp³-hybridized carbons (Fsp3) is 0.300. The van der Waals surface area contributed by atoms with E-state index in [1.807, 2.05) is 29.2 Å². The maximum atomic E-state index is 12.4. The van der Waals surface area contributed by atoms with Crippen molar-refractivity contribution in [3.63, 3.8) is 0 Å². The molecule has 3 N–H and O–H groups in total. The van der Waals surface area contributed by atoms with Crippen LogP contribution in [0.5, 0.6) is 0 Å². The average molecular weight is 425 g/mol. The molecule has 1 saturated heterocycles. The third kappa shape index (κ3) is 6.12. The number of nitrogens with one attached hydrogen (secondary N) is 1. The Labute approximate surface area is 177 Å². The Morgan fingerprint density at radius 2 is 1.57 bits per heavy atom. The molecule has 152 valence electrons. The fourth-order valence-electron chi connectivity index (χ4n) is 2.95. The monoisotopic (exact) mass is 424 g/mol. The first-order valence-corrected chi connectivity index (χ1v) is 8.74. The summed E-state index contributed by atoms with van der Waals surface area (Å²) in [6, 6.07) is 14.3. The summed E-state index contributed by atoms with van der Waals surface area (Å²) in [6.45, 7) is 3.39. The van der Waals surface area contributed by atoms with Gasteiger partial charge >= 0.3 is 0 Å². The minimum Gasteiger partial charge on any atom is -0.398 e. The molecule has 1 aliphatic heterocycles. The van der Waals surface area contributed by atoms with E-state index in [9.17, 15) is 9.59 Å². The number of carbonyl (C=O) groups excluding carboxylic acids is 2. The molecule has 0 aliphatic carbocycles. The van der Waals surface area contributed by atoms with Crippen LogP contribution in [0.2, 0.25) is 0 Å². The standard InChI is InChI=1S/C20H24N4O2.2ClH/c1-23-10-12-24(13-11-23)19(25)14-15-6-8-16(9-7-15)22-20(26)17-4-2-3-5-18(17)21;;/h2-9H,10-14,21H2,1H3,(H,22,26);2*1H. The van der Waals surface area contributed by atoms with E-state index in [2.05, 4.69) is 17.3 Å². The van der Waals surface area contributed by atoms with Gasteiger partial charge in [0.05, 0.1) is 12.0 Å². The Morgan fingerprint density at radius 1 is 0.964 bits per heavy atom. The molecule has 0 spiro atoms. The lowest BCUT2D eigenvalue weighted by atomic mass is 10.1. The number of hydrogen-bond donors (Lipinski definition) is 2. The summed E-state index contributed by atoms with van der Waals surface area (Å²) < 4.78 is 0. The predicted octanol–water partition coefficient (Wildman–Crippen LogP) is 2.68. The van der Waals surface area contributed by atoms with Crippen molar-refractivity contribution in [2.75, 3.05) is 44.3 Å². The molecular weight excluding hydrogens is 399 g/mol. The van der Waals surface area contributed by atoms with Crippen molar-refractivity contribution in [1.29, 1.82) is 0 Å². The van der Waals surface area contributed by atoms with E-state index < -0.39 is 0 Å². The average Bonchev–Trinajstić information content (AvgIpc) is 2.64. The summed E-state index contributed by atoms with van der Waals surface area (Å²) in [6.07, 6.45) is 0.379. The van der Waals surface area contributed by atoms with Crippen LogP contribution in [0, 0.1) is 0 Å². The van der Waals surface area contributed by atoms with Gasteiger partial charge < -0.3 is 20.9 Å². The van der Waals surface area contributed by atoms with Crippen LogP contribution in [0.15, 0.2) is 48.5 Å². The van der Waals surface area contributed by atoms with Crippen LogP contribution in [0.4, 0.5) is 11.4 Å². The molecule has 6 nitrogen and oxygen atoms in total. The second-order valence-corrected chi connectivity index (χ2v) is 6.60. The molecule has 2 aromatic carbocycles. The molecule has 1 fully saturated rings. The molecule has 0 aromatic heterocycles. The van der Waals surface area contributed by atoms with E-state index in [1.165, 1.54) is 0 Å². The molecule has 0 unspecified atom stereocenters. The zero-order valence-corrected chi connectivity index (χ0v) is 17.4. The first-order chi connectivity index (χ1) is 12.5. The fourth-order valence-corrected chi connectivity index (χ4v) is 2.95. The lowest BCUT2D eigenvalue weighted by Gasteiger charge is -2.32. The van der Waals surface area contributed by atoms with Crippen LogP contribution in [-0.4, -0.2) is 54.8 Å². The second kappa shape index (κ2) is 10.9. The van der Waals surface area contributed by atoms with Crippen molar-refractivity contribution in [1.82, 2.24) is 9.80 Å². The Kier molecular flexibility index (Phi) is 9.25. The summed E-state index contributed by atoms with van der Waals surface area (Å²) in [5.41, 5.74) is 8.33. The van der Waals surface area contributed by atoms with Crippen LogP contribution in [-0.2, 0) is 11.2 Å². The molecule has 2 amide bonds. The van der Waals surface area contributed by atoms with Crippen molar-refractivity contribution in [3.8, 4) is 0 Å².